The minimum atomic E-state index is -1.18. The number of nitrogens with zero attached hydrogens (tertiary/aromatic N) is 1. The lowest BCUT2D eigenvalue weighted by molar-refractivity contribution is 0.173. The molecule has 3 aliphatic heterocycles. The van der Waals surface area contributed by atoms with E-state index in [9.17, 15) is 0 Å². The van der Waals surface area contributed by atoms with Gasteiger partial charge in [0.15, 0.2) is 23.0 Å². The Labute approximate surface area is 159 Å². The van der Waals surface area contributed by atoms with Crippen LogP contribution < -0.4 is 35.3 Å². The van der Waals surface area contributed by atoms with Gasteiger partial charge in [-0.05, 0) is 36.4 Å². The molecule has 2 aromatic carbocycles. The standard InChI is InChI=1S/C18H15ClN4O4/c19-11-2-4-13-17(27-9-25-13)16(11)22-15-5-6-21-18(20,23-15)10-1-3-12-14(7-10)26-8-24-12/h1-7,22-23H,8-9,20H2. The maximum absolute atomic E-state index is 6.49. The largest absolute Gasteiger partial charge is 0.454 e. The van der Waals surface area contributed by atoms with E-state index in [0.717, 1.165) is 5.56 Å². The zero-order valence-electron chi connectivity index (χ0n) is 14.0. The van der Waals surface area contributed by atoms with Crippen molar-refractivity contribution in [1.82, 2.24) is 5.32 Å². The van der Waals surface area contributed by atoms with Crippen molar-refractivity contribution in [1.29, 1.82) is 0 Å². The Kier molecular flexibility index (Phi) is 3.56. The van der Waals surface area contributed by atoms with Gasteiger partial charge in [0.2, 0.25) is 19.4 Å². The van der Waals surface area contributed by atoms with Gasteiger partial charge in [0.1, 0.15) is 11.5 Å². The molecular formula is C18H15ClN4O4. The maximum atomic E-state index is 6.49. The van der Waals surface area contributed by atoms with Crippen LogP contribution in [0.4, 0.5) is 5.69 Å². The lowest BCUT2D eigenvalue weighted by Gasteiger charge is -2.32. The van der Waals surface area contributed by atoms with E-state index in [2.05, 4.69) is 15.6 Å². The number of hydrogen-bond donors (Lipinski definition) is 3. The van der Waals surface area contributed by atoms with Crippen LogP contribution in [0.25, 0.3) is 0 Å². The van der Waals surface area contributed by atoms with Crippen LogP contribution in [0.2, 0.25) is 5.02 Å². The predicted molar refractivity (Wildman–Crippen MR) is 99.3 cm³/mol. The van der Waals surface area contributed by atoms with Gasteiger partial charge in [0.05, 0.1) is 5.02 Å². The fourth-order valence-electron chi connectivity index (χ4n) is 3.06. The molecule has 8 nitrogen and oxygen atoms in total. The van der Waals surface area contributed by atoms with E-state index >= 15 is 0 Å². The van der Waals surface area contributed by atoms with Gasteiger partial charge in [-0.25, -0.2) is 4.99 Å². The van der Waals surface area contributed by atoms with Crippen molar-refractivity contribution in [3.8, 4) is 23.0 Å². The molecule has 5 rings (SSSR count). The van der Waals surface area contributed by atoms with Crippen LogP contribution in [0.5, 0.6) is 23.0 Å². The van der Waals surface area contributed by atoms with Crippen molar-refractivity contribution in [3.63, 3.8) is 0 Å². The van der Waals surface area contributed by atoms with Crippen LogP contribution >= 0.6 is 11.6 Å². The zero-order valence-corrected chi connectivity index (χ0v) is 14.7. The van der Waals surface area contributed by atoms with Crippen molar-refractivity contribution in [2.24, 2.45) is 10.7 Å². The summed E-state index contributed by atoms with van der Waals surface area (Å²) in [5.74, 6) is 1.92. The van der Waals surface area contributed by atoms with Crippen molar-refractivity contribution in [3.05, 3.63) is 52.8 Å². The highest BCUT2D eigenvalue weighted by molar-refractivity contribution is 6.33. The van der Waals surface area contributed by atoms with Crippen molar-refractivity contribution < 1.29 is 18.9 Å². The van der Waals surface area contributed by atoms with Gasteiger partial charge >= 0.3 is 0 Å². The summed E-state index contributed by atoms with van der Waals surface area (Å²) in [7, 11) is 0. The molecule has 1 atom stereocenters. The molecule has 4 N–H and O–H groups in total. The molecule has 0 fully saturated rings. The highest BCUT2D eigenvalue weighted by Crippen LogP contribution is 2.44. The van der Waals surface area contributed by atoms with Gasteiger partial charge in [0, 0.05) is 11.8 Å². The van der Waals surface area contributed by atoms with E-state index in [0.29, 0.717) is 39.5 Å². The van der Waals surface area contributed by atoms with E-state index in [1.54, 1.807) is 36.6 Å². The fraction of sp³-hybridized carbons (Fsp3) is 0.167. The van der Waals surface area contributed by atoms with Gasteiger partial charge < -0.3 is 29.6 Å². The number of rotatable bonds is 3. The number of aliphatic imine (C=N–C) groups is 1. The van der Waals surface area contributed by atoms with E-state index in [-0.39, 0.29) is 13.6 Å². The molecule has 1 unspecified atom stereocenters. The van der Waals surface area contributed by atoms with Gasteiger partial charge in [0.25, 0.3) is 0 Å². The predicted octanol–water partition coefficient (Wildman–Crippen LogP) is 2.49. The molecule has 0 bridgehead atoms. The number of anilines is 1. The second-order valence-corrected chi connectivity index (χ2v) is 6.51. The lowest BCUT2D eigenvalue weighted by Crippen LogP contribution is -2.51. The smallest absolute Gasteiger partial charge is 0.231 e. The third-order valence-electron chi connectivity index (χ3n) is 4.41. The first-order chi connectivity index (χ1) is 13.1. The summed E-state index contributed by atoms with van der Waals surface area (Å²) in [5, 5.41) is 6.89. The third kappa shape index (κ3) is 2.70. The molecule has 0 radical (unpaired) electrons. The molecule has 9 heteroatoms. The SMILES string of the molecule is NC1(c2ccc3c(c2)OCO3)N=CC=C(Nc2c(Cl)ccc3c2OCO3)N1. The first kappa shape index (κ1) is 16.1. The van der Waals surface area contributed by atoms with E-state index < -0.39 is 5.79 Å². The Morgan fingerprint density at radius 2 is 1.81 bits per heavy atom. The number of hydrogen-bond acceptors (Lipinski definition) is 8. The summed E-state index contributed by atoms with van der Waals surface area (Å²) < 4.78 is 21.7. The molecule has 27 heavy (non-hydrogen) atoms. The summed E-state index contributed by atoms with van der Waals surface area (Å²) in [5.41, 5.74) is 7.81. The Hall–Kier alpha value is -3.10. The molecule has 3 aliphatic rings. The van der Waals surface area contributed by atoms with Crippen molar-refractivity contribution >= 4 is 23.5 Å². The summed E-state index contributed by atoms with van der Waals surface area (Å²) in [4.78, 5) is 4.38. The molecule has 2 aromatic rings. The van der Waals surface area contributed by atoms with Crippen LogP contribution in [-0.4, -0.2) is 19.8 Å². The average molecular weight is 387 g/mol. The number of nitrogens with two attached hydrogens (primary N) is 1. The number of halogens is 1. The van der Waals surface area contributed by atoms with Gasteiger partial charge in [-0.15, -0.1) is 0 Å². The molecular weight excluding hydrogens is 372 g/mol. The van der Waals surface area contributed by atoms with Crippen LogP contribution in [0.1, 0.15) is 5.56 Å². The first-order valence-corrected chi connectivity index (χ1v) is 8.58. The van der Waals surface area contributed by atoms with Gasteiger partial charge in [-0.1, -0.05) is 11.6 Å². The summed E-state index contributed by atoms with van der Waals surface area (Å²) in [6.45, 7) is 0.343. The number of benzene rings is 2. The molecule has 0 aromatic heterocycles. The molecule has 3 heterocycles. The minimum Gasteiger partial charge on any atom is -0.454 e. The lowest BCUT2D eigenvalue weighted by atomic mass is 10.1. The average Bonchev–Trinajstić information content (AvgIpc) is 3.32. The first-order valence-electron chi connectivity index (χ1n) is 8.20. The maximum Gasteiger partial charge on any atom is 0.231 e. The Morgan fingerprint density at radius 3 is 2.74 bits per heavy atom. The third-order valence-corrected chi connectivity index (χ3v) is 4.72. The Bertz CT molecular complexity index is 994. The quantitative estimate of drug-likeness (QED) is 0.745. The number of fused-ring (bicyclic) bond motifs is 2. The molecule has 0 saturated heterocycles. The zero-order chi connectivity index (χ0) is 18.4. The highest BCUT2D eigenvalue weighted by atomic mass is 35.5. The Morgan fingerprint density at radius 1 is 1.04 bits per heavy atom. The summed E-state index contributed by atoms with van der Waals surface area (Å²) >= 11 is 6.33. The molecule has 0 saturated carbocycles. The minimum absolute atomic E-state index is 0.149. The molecule has 0 aliphatic carbocycles. The summed E-state index contributed by atoms with van der Waals surface area (Å²) in [6.07, 6.45) is 3.38. The van der Waals surface area contributed by atoms with E-state index in [1.807, 2.05) is 6.07 Å². The second-order valence-electron chi connectivity index (χ2n) is 6.10. The highest BCUT2D eigenvalue weighted by Gasteiger charge is 2.31. The van der Waals surface area contributed by atoms with Crippen LogP contribution in [0, 0.1) is 0 Å². The van der Waals surface area contributed by atoms with Crippen LogP contribution in [0.3, 0.4) is 0 Å². The topological polar surface area (TPSA) is 99.4 Å². The van der Waals surface area contributed by atoms with E-state index in [1.165, 1.54) is 0 Å². The fourth-order valence-corrected chi connectivity index (χ4v) is 3.26. The summed E-state index contributed by atoms with van der Waals surface area (Å²) in [6, 6.07) is 8.95. The normalized spacial score (nSPS) is 21.6. The van der Waals surface area contributed by atoms with Crippen LogP contribution in [0.15, 0.2) is 47.2 Å². The van der Waals surface area contributed by atoms with Crippen molar-refractivity contribution in [2.75, 3.05) is 18.9 Å². The second kappa shape index (κ2) is 5.97. The van der Waals surface area contributed by atoms with Gasteiger partial charge in [-0.3, -0.25) is 5.73 Å². The van der Waals surface area contributed by atoms with Crippen LogP contribution in [-0.2, 0) is 5.79 Å². The van der Waals surface area contributed by atoms with Gasteiger partial charge in [-0.2, -0.15) is 0 Å². The van der Waals surface area contributed by atoms with Crippen molar-refractivity contribution in [2.45, 2.75) is 5.79 Å². The van der Waals surface area contributed by atoms with E-state index in [4.69, 9.17) is 36.3 Å². The molecule has 138 valence electrons. The molecule has 0 amide bonds. The number of allylic oxidation sites excluding steroid dienone is 1. The Balaban J connectivity index is 1.43. The molecule has 0 spiro atoms. The number of nitrogens with one attached hydrogen (secondary N) is 2. The monoisotopic (exact) mass is 386 g/mol. The number of ether oxygens (including phenoxy) is 4.